The first-order chi connectivity index (χ1) is 7.29. The Balaban J connectivity index is 2.07. The van der Waals surface area contributed by atoms with Crippen LogP contribution >= 0.6 is 0 Å². The fourth-order valence-corrected chi connectivity index (χ4v) is 1.55. The molecule has 1 atom stereocenters. The zero-order valence-corrected chi connectivity index (χ0v) is 8.41. The zero-order valence-electron chi connectivity index (χ0n) is 8.41. The molecule has 0 radical (unpaired) electrons. The maximum absolute atomic E-state index is 13.5. The molecule has 4 heteroatoms. The van der Waals surface area contributed by atoms with Gasteiger partial charge in [-0.3, -0.25) is 0 Å². The van der Waals surface area contributed by atoms with Gasteiger partial charge in [0.1, 0.15) is 6.10 Å². The maximum atomic E-state index is 13.5. The summed E-state index contributed by atoms with van der Waals surface area (Å²) in [6.07, 6.45) is 0.793. The van der Waals surface area contributed by atoms with Crippen LogP contribution in [0.2, 0.25) is 0 Å². The molecule has 1 saturated heterocycles. The molecular weight excluding hydrogens is 197 g/mol. The summed E-state index contributed by atoms with van der Waals surface area (Å²) in [5, 5.41) is 0. The maximum Gasteiger partial charge on any atom is 0.165 e. The van der Waals surface area contributed by atoms with Gasteiger partial charge in [0, 0.05) is 13.0 Å². The first-order valence-corrected chi connectivity index (χ1v) is 5.02. The van der Waals surface area contributed by atoms with Gasteiger partial charge in [0.05, 0.1) is 13.2 Å². The highest BCUT2D eigenvalue weighted by molar-refractivity contribution is 5.29. The third-order valence-corrected chi connectivity index (χ3v) is 2.41. The van der Waals surface area contributed by atoms with Crippen molar-refractivity contribution in [2.45, 2.75) is 19.1 Å². The van der Waals surface area contributed by atoms with E-state index in [0.717, 1.165) is 12.0 Å². The number of nitrogens with two attached hydrogens (primary N) is 1. The van der Waals surface area contributed by atoms with Gasteiger partial charge in [-0.15, -0.1) is 0 Å². The summed E-state index contributed by atoms with van der Waals surface area (Å²) in [7, 11) is 0. The number of hydrogen-bond acceptors (Lipinski definition) is 3. The van der Waals surface area contributed by atoms with Crippen molar-refractivity contribution in [2.24, 2.45) is 5.73 Å². The molecule has 1 aliphatic rings. The van der Waals surface area contributed by atoms with E-state index in [-0.39, 0.29) is 17.7 Å². The molecule has 82 valence electrons. The Kier molecular flexibility index (Phi) is 3.18. The molecular formula is C11H14FNO2. The van der Waals surface area contributed by atoms with Crippen LogP contribution in [0.1, 0.15) is 12.0 Å². The highest BCUT2D eigenvalue weighted by Gasteiger charge is 2.18. The van der Waals surface area contributed by atoms with E-state index in [1.165, 1.54) is 6.07 Å². The Morgan fingerprint density at radius 2 is 2.40 bits per heavy atom. The van der Waals surface area contributed by atoms with Gasteiger partial charge in [-0.2, -0.15) is 0 Å². The van der Waals surface area contributed by atoms with E-state index in [1.54, 1.807) is 12.1 Å². The Bertz CT molecular complexity index is 337. The van der Waals surface area contributed by atoms with Crippen molar-refractivity contribution in [3.63, 3.8) is 0 Å². The standard InChI is InChI=1S/C11H14FNO2/c12-10-5-8(6-13)1-2-11(10)15-9-3-4-14-7-9/h1-2,5,9H,3-4,6-7,13H2. The predicted octanol–water partition coefficient (Wildman–Crippen LogP) is 1.45. The lowest BCUT2D eigenvalue weighted by atomic mass is 10.2. The van der Waals surface area contributed by atoms with Gasteiger partial charge in [0.25, 0.3) is 0 Å². The Morgan fingerprint density at radius 1 is 1.53 bits per heavy atom. The molecule has 15 heavy (non-hydrogen) atoms. The number of ether oxygens (including phenoxy) is 2. The van der Waals surface area contributed by atoms with Crippen LogP contribution < -0.4 is 10.5 Å². The molecule has 0 spiro atoms. The third-order valence-electron chi connectivity index (χ3n) is 2.41. The number of rotatable bonds is 3. The minimum atomic E-state index is -0.357. The summed E-state index contributed by atoms with van der Waals surface area (Å²) in [5.74, 6) is -0.0763. The average Bonchev–Trinajstić information content (AvgIpc) is 2.74. The summed E-state index contributed by atoms with van der Waals surface area (Å²) < 4.78 is 24.1. The van der Waals surface area contributed by atoms with Crippen LogP contribution in [0.25, 0.3) is 0 Å². The smallest absolute Gasteiger partial charge is 0.165 e. The van der Waals surface area contributed by atoms with E-state index < -0.39 is 0 Å². The van der Waals surface area contributed by atoms with Crippen LogP contribution in [-0.4, -0.2) is 19.3 Å². The normalized spacial score (nSPS) is 20.5. The molecule has 2 rings (SSSR count). The van der Waals surface area contributed by atoms with Crippen molar-refractivity contribution >= 4 is 0 Å². The van der Waals surface area contributed by atoms with Crippen LogP contribution in [0.15, 0.2) is 18.2 Å². The first-order valence-electron chi connectivity index (χ1n) is 5.02. The van der Waals surface area contributed by atoms with Gasteiger partial charge in [0.15, 0.2) is 11.6 Å². The molecule has 0 saturated carbocycles. The van der Waals surface area contributed by atoms with E-state index in [0.29, 0.717) is 19.8 Å². The molecule has 1 fully saturated rings. The van der Waals surface area contributed by atoms with Gasteiger partial charge in [-0.25, -0.2) is 4.39 Å². The Morgan fingerprint density at radius 3 is 3.00 bits per heavy atom. The van der Waals surface area contributed by atoms with Crippen LogP contribution in [0.3, 0.4) is 0 Å². The number of hydrogen-bond donors (Lipinski definition) is 1. The second-order valence-corrected chi connectivity index (χ2v) is 3.57. The molecule has 0 aromatic heterocycles. The molecule has 0 bridgehead atoms. The summed E-state index contributed by atoms with van der Waals surface area (Å²) in [5.41, 5.74) is 6.17. The van der Waals surface area contributed by atoms with E-state index >= 15 is 0 Å². The second-order valence-electron chi connectivity index (χ2n) is 3.57. The third kappa shape index (κ3) is 2.46. The molecule has 1 aliphatic heterocycles. The van der Waals surface area contributed by atoms with Crippen molar-refractivity contribution in [1.82, 2.24) is 0 Å². The van der Waals surface area contributed by atoms with Crippen molar-refractivity contribution in [3.8, 4) is 5.75 Å². The quantitative estimate of drug-likeness (QED) is 0.823. The lowest BCUT2D eigenvalue weighted by Crippen LogP contribution is -2.16. The average molecular weight is 211 g/mol. The van der Waals surface area contributed by atoms with Gasteiger partial charge in [-0.05, 0) is 17.7 Å². The van der Waals surface area contributed by atoms with Crippen molar-refractivity contribution in [2.75, 3.05) is 13.2 Å². The molecule has 1 heterocycles. The molecule has 1 aromatic rings. The molecule has 3 nitrogen and oxygen atoms in total. The van der Waals surface area contributed by atoms with Crippen LogP contribution in [0.4, 0.5) is 4.39 Å². The summed E-state index contributed by atoms with van der Waals surface area (Å²) >= 11 is 0. The highest BCUT2D eigenvalue weighted by Crippen LogP contribution is 2.21. The molecule has 1 unspecified atom stereocenters. The topological polar surface area (TPSA) is 44.5 Å². The van der Waals surface area contributed by atoms with Crippen LogP contribution in [-0.2, 0) is 11.3 Å². The minimum Gasteiger partial charge on any atom is -0.485 e. The molecule has 0 aliphatic carbocycles. The lowest BCUT2D eigenvalue weighted by Gasteiger charge is -2.12. The highest BCUT2D eigenvalue weighted by atomic mass is 19.1. The Labute approximate surface area is 88.0 Å². The predicted molar refractivity (Wildman–Crippen MR) is 54.1 cm³/mol. The van der Waals surface area contributed by atoms with E-state index in [4.69, 9.17) is 15.2 Å². The monoisotopic (exact) mass is 211 g/mol. The van der Waals surface area contributed by atoms with Gasteiger partial charge < -0.3 is 15.2 Å². The van der Waals surface area contributed by atoms with Gasteiger partial charge >= 0.3 is 0 Å². The van der Waals surface area contributed by atoms with Crippen LogP contribution in [0.5, 0.6) is 5.75 Å². The summed E-state index contributed by atoms with van der Waals surface area (Å²) in [4.78, 5) is 0. The van der Waals surface area contributed by atoms with Crippen molar-refractivity contribution < 1.29 is 13.9 Å². The summed E-state index contributed by atoms with van der Waals surface area (Å²) in [6.45, 7) is 1.56. The van der Waals surface area contributed by atoms with Crippen LogP contribution in [0, 0.1) is 5.82 Å². The summed E-state index contributed by atoms with van der Waals surface area (Å²) in [6, 6.07) is 4.80. The lowest BCUT2D eigenvalue weighted by molar-refractivity contribution is 0.138. The fourth-order valence-electron chi connectivity index (χ4n) is 1.55. The van der Waals surface area contributed by atoms with E-state index in [1.807, 2.05) is 0 Å². The number of benzene rings is 1. The largest absolute Gasteiger partial charge is 0.485 e. The number of halogens is 1. The SMILES string of the molecule is NCc1ccc(OC2CCOC2)c(F)c1. The zero-order chi connectivity index (χ0) is 10.7. The molecule has 0 amide bonds. The van der Waals surface area contributed by atoms with Crippen molar-refractivity contribution in [3.05, 3.63) is 29.6 Å². The minimum absolute atomic E-state index is 0.0248. The second kappa shape index (κ2) is 4.59. The first kappa shape index (κ1) is 10.4. The Hall–Kier alpha value is -1.13. The molecule has 2 N–H and O–H groups in total. The van der Waals surface area contributed by atoms with Gasteiger partial charge in [0.2, 0.25) is 0 Å². The molecule has 1 aromatic carbocycles. The van der Waals surface area contributed by atoms with Gasteiger partial charge in [-0.1, -0.05) is 6.07 Å². The van der Waals surface area contributed by atoms with Crippen molar-refractivity contribution in [1.29, 1.82) is 0 Å². The van der Waals surface area contributed by atoms with E-state index in [2.05, 4.69) is 0 Å². The van der Waals surface area contributed by atoms with E-state index in [9.17, 15) is 4.39 Å². The fraction of sp³-hybridized carbons (Fsp3) is 0.455.